The van der Waals surface area contributed by atoms with Crippen LogP contribution in [-0.4, -0.2) is 46.0 Å². The summed E-state index contributed by atoms with van der Waals surface area (Å²) in [5, 5.41) is 15.1. The number of hydrogen-bond acceptors (Lipinski definition) is 7. The van der Waals surface area contributed by atoms with Gasteiger partial charge >= 0.3 is 0 Å². The van der Waals surface area contributed by atoms with Gasteiger partial charge in [-0.1, -0.05) is 18.3 Å². The summed E-state index contributed by atoms with van der Waals surface area (Å²) >= 11 is 1.45. The van der Waals surface area contributed by atoms with Crippen LogP contribution in [0.5, 0.6) is 0 Å². The Kier molecular flexibility index (Phi) is 4.43. The fourth-order valence-corrected chi connectivity index (χ4v) is 2.55. The first-order valence-corrected chi connectivity index (χ1v) is 7.05. The van der Waals surface area contributed by atoms with E-state index in [1.807, 2.05) is 0 Å². The second kappa shape index (κ2) is 6.07. The standard InChI is InChI=1S/C11H17N5O2S/c1-3-4-12-11-15-14-9(19-11)6-16-5-8(17)13-10(18)7(16)2/h7H,3-6H2,1-2H3,(H,12,15)(H,13,17,18). The van der Waals surface area contributed by atoms with Gasteiger partial charge in [0.15, 0.2) is 0 Å². The number of amides is 2. The summed E-state index contributed by atoms with van der Waals surface area (Å²) in [4.78, 5) is 24.7. The highest BCUT2D eigenvalue weighted by molar-refractivity contribution is 7.15. The third-order valence-corrected chi connectivity index (χ3v) is 3.73. The summed E-state index contributed by atoms with van der Waals surface area (Å²) < 4.78 is 0. The number of anilines is 1. The second-order valence-corrected chi connectivity index (χ2v) is 5.48. The van der Waals surface area contributed by atoms with Crippen LogP contribution in [0, 0.1) is 0 Å². The molecular formula is C11H17N5O2S. The van der Waals surface area contributed by atoms with Gasteiger partial charge in [-0.05, 0) is 13.3 Å². The number of carbonyl (C=O) groups excluding carboxylic acids is 2. The average molecular weight is 283 g/mol. The third kappa shape index (κ3) is 3.48. The number of nitrogens with one attached hydrogen (secondary N) is 2. The molecule has 1 aromatic rings. The normalized spacial score (nSPS) is 20.4. The van der Waals surface area contributed by atoms with E-state index in [-0.39, 0.29) is 24.4 Å². The van der Waals surface area contributed by atoms with Gasteiger partial charge in [-0.3, -0.25) is 19.8 Å². The van der Waals surface area contributed by atoms with Gasteiger partial charge in [0, 0.05) is 6.54 Å². The van der Waals surface area contributed by atoms with Gasteiger partial charge in [0.25, 0.3) is 0 Å². The lowest BCUT2D eigenvalue weighted by atomic mass is 10.2. The van der Waals surface area contributed by atoms with Crippen LogP contribution in [0.1, 0.15) is 25.3 Å². The van der Waals surface area contributed by atoms with E-state index in [9.17, 15) is 9.59 Å². The topological polar surface area (TPSA) is 87.2 Å². The van der Waals surface area contributed by atoms with Crippen LogP contribution >= 0.6 is 11.3 Å². The average Bonchev–Trinajstić information content (AvgIpc) is 2.80. The molecule has 19 heavy (non-hydrogen) atoms. The Balaban J connectivity index is 1.97. The lowest BCUT2D eigenvalue weighted by Crippen LogP contribution is -2.56. The zero-order valence-electron chi connectivity index (χ0n) is 11.0. The minimum Gasteiger partial charge on any atom is -0.360 e. The van der Waals surface area contributed by atoms with Crippen molar-refractivity contribution in [3.63, 3.8) is 0 Å². The van der Waals surface area contributed by atoms with Gasteiger partial charge in [0.2, 0.25) is 16.9 Å². The SMILES string of the molecule is CCCNc1nnc(CN2CC(=O)NC(=O)C2C)s1. The van der Waals surface area contributed by atoms with E-state index in [1.54, 1.807) is 11.8 Å². The van der Waals surface area contributed by atoms with Crippen molar-refractivity contribution in [1.82, 2.24) is 20.4 Å². The molecule has 0 aliphatic carbocycles. The molecule has 0 spiro atoms. The van der Waals surface area contributed by atoms with Gasteiger partial charge in [0.05, 0.1) is 19.1 Å². The molecule has 0 radical (unpaired) electrons. The van der Waals surface area contributed by atoms with Gasteiger partial charge in [-0.25, -0.2) is 0 Å². The van der Waals surface area contributed by atoms with Crippen molar-refractivity contribution in [2.24, 2.45) is 0 Å². The monoisotopic (exact) mass is 283 g/mol. The van der Waals surface area contributed by atoms with Crippen LogP contribution in [0.3, 0.4) is 0 Å². The Morgan fingerprint density at radius 3 is 3.00 bits per heavy atom. The first-order chi connectivity index (χ1) is 9.10. The van der Waals surface area contributed by atoms with Crippen LogP contribution in [0.4, 0.5) is 5.13 Å². The second-order valence-electron chi connectivity index (χ2n) is 4.42. The Morgan fingerprint density at radius 1 is 1.47 bits per heavy atom. The minimum absolute atomic E-state index is 0.213. The molecule has 7 nitrogen and oxygen atoms in total. The molecule has 1 aliphatic heterocycles. The van der Waals surface area contributed by atoms with Gasteiger partial charge < -0.3 is 5.32 Å². The Morgan fingerprint density at radius 2 is 2.26 bits per heavy atom. The highest BCUT2D eigenvalue weighted by Crippen LogP contribution is 2.18. The van der Waals surface area contributed by atoms with Gasteiger partial charge in [0.1, 0.15) is 5.01 Å². The van der Waals surface area contributed by atoms with E-state index in [0.29, 0.717) is 6.54 Å². The molecule has 8 heteroatoms. The predicted octanol–water partition coefficient (Wildman–Crippen LogP) is 0.207. The molecule has 2 heterocycles. The molecule has 1 atom stereocenters. The molecule has 0 saturated carbocycles. The molecule has 0 bridgehead atoms. The quantitative estimate of drug-likeness (QED) is 0.751. The zero-order chi connectivity index (χ0) is 13.8. The molecule has 1 aromatic heterocycles. The number of imide groups is 1. The molecule has 1 aliphatic rings. The van der Waals surface area contributed by atoms with Gasteiger partial charge in [-0.15, -0.1) is 10.2 Å². The van der Waals surface area contributed by atoms with Crippen LogP contribution in [0.2, 0.25) is 0 Å². The van der Waals surface area contributed by atoms with E-state index < -0.39 is 0 Å². The summed E-state index contributed by atoms with van der Waals surface area (Å²) in [6, 6.07) is -0.325. The lowest BCUT2D eigenvalue weighted by molar-refractivity contribution is -0.139. The molecule has 1 unspecified atom stereocenters. The maximum absolute atomic E-state index is 11.5. The van der Waals surface area contributed by atoms with E-state index >= 15 is 0 Å². The number of piperazine rings is 1. The maximum atomic E-state index is 11.5. The Bertz CT molecular complexity index is 475. The van der Waals surface area contributed by atoms with Crippen molar-refractivity contribution in [3.05, 3.63) is 5.01 Å². The molecule has 1 fully saturated rings. The summed E-state index contributed by atoms with van der Waals surface area (Å²) in [7, 11) is 0. The van der Waals surface area contributed by atoms with Gasteiger partial charge in [-0.2, -0.15) is 0 Å². The Labute approximate surface area is 115 Å². The molecular weight excluding hydrogens is 266 g/mol. The Hall–Kier alpha value is -1.54. The number of aromatic nitrogens is 2. The van der Waals surface area contributed by atoms with E-state index in [2.05, 4.69) is 27.8 Å². The van der Waals surface area contributed by atoms with Crippen molar-refractivity contribution in [2.75, 3.05) is 18.4 Å². The van der Waals surface area contributed by atoms with Crippen molar-refractivity contribution >= 4 is 28.3 Å². The largest absolute Gasteiger partial charge is 0.360 e. The summed E-state index contributed by atoms with van der Waals surface area (Å²) in [6.45, 7) is 5.39. The van der Waals surface area contributed by atoms with Crippen LogP contribution in [0.25, 0.3) is 0 Å². The highest BCUT2D eigenvalue weighted by atomic mass is 32.1. The maximum Gasteiger partial charge on any atom is 0.243 e. The number of hydrogen-bond donors (Lipinski definition) is 2. The molecule has 1 saturated heterocycles. The predicted molar refractivity (Wildman–Crippen MR) is 71.7 cm³/mol. The first kappa shape index (κ1) is 13.9. The molecule has 0 aromatic carbocycles. The van der Waals surface area contributed by atoms with E-state index in [4.69, 9.17) is 0 Å². The van der Waals surface area contributed by atoms with Crippen LogP contribution < -0.4 is 10.6 Å². The third-order valence-electron chi connectivity index (χ3n) is 2.87. The van der Waals surface area contributed by atoms with E-state index in [1.165, 1.54) is 11.3 Å². The molecule has 2 rings (SSSR count). The van der Waals surface area contributed by atoms with Crippen LogP contribution in [0.15, 0.2) is 0 Å². The number of rotatable bonds is 5. The molecule has 104 valence electrons. The van der Waals surface area contributed by atoms with Crippen molar-refractivity contribution < 1.29 is 9.59 Å². The van der Waals surface area contributed by atoms with Crippen molar-refractivity contribution in [1.29, 1.82) is 0 Å². The highest BCUT2D eigenvalue weighted by Gasteiger charge is 2.30. The fourth-order valence-electron chi connectivity index (χ4n) is 1.76. The molecule has 2 N–H and O–H groups in total. The summed E-state index contributed by atoms with van der Waals surface area (Å²) in [6.07, 6.45) is 1.02. The lowest BCUT2D eigenvalue weighted by Gasteiger charge is -2.30. The van der Waals surface area contributed by atoms with E-state index in [0.717, 1.165) is 23.1 Å². The van der Waals surface area contributed by atoms with Crippen LogP contribution in [-0.2, 0) is 16.1 Å². The molecule has 2 amide bonds. The van der Waals surface area contributed by atoms with Crippen molar-refractivity contribution in [2.45, 2.75) is 32.9 Å². The summed E-state index contributed by atoms with van der Waals surface area (Å²) in [5.41, 5.74) is 0. The smallest absolute Gasteiger partial charge is 0.243 e. The zero-order valence-corrected chi connectivity index (χ0v) is 11.8. The minimum atomic E-state index is -0.325. The first-order valence-electron chi connectivity index (χ1n) is 6.24. The number of carbonyl (C=O) groups is 2. The van der Waals surface area contributed by atoms with Crippen molar-refractivity contribution in [3.8, 4) is 0 Å². The number of nitrogens with zero attached hydrogens (tertiary/aromatic N) is 3. The fraction of sp³-hybridized carbons (Fsp3) is 0.636. The summed E-state index contributed by atoms with van der Waals surface area (Å²) in [5.74, 6) is -0.526.